The predicted octanol–water partition coefficient (Wildman–Crippen LogP) is 5.91. The van der Waals surface area contributed by atoms with Crippen molar-refractivity contribution >= 4 is 60.5 Å². The summed E-state index contributed by atoms with van der Waals surface area (Å²) in [6, 6.07) is 13.3. The molecule has 0 saturated carbocycles. The molecule has 2 aromatic carbocycles. The Morgan fingerprint density at radius 1 is 1.19 bits per heavy atom. The average molecular weight is 469 g/mol. The van der Waals surface area contributed by atoms with E-state index in [4.69, 9.17) is 21.3 Å². The van der Waals surface area contributed by atoms with Gasteiger partial charge in [0.2, 0.25) is 5.91 Å². The highest BCUT2D eigenvalue weighted by molar-refractivity contribution is 7.22. The SMILES string of the molecule is COc1ccc(-c2cn3c(CCC(=O)Nc4nc5ccc(Cl)cc5s4)csc3n2)cc1. The number of methoxy groups -OCH3 is 1. The van der Waals surface area contributed by atoms with E-state index in [1.807, 2.05) is 48.0 Å². The van der Waals surface area contributed by atoms with Gasteiger partial charge in [-0.2, -0.15) is 0 Å². The molecule has 0 aliphatic carbocycles. The Morgan fingerprint density at radius 3 is 2.84 bits per heavy atom. The molecule has 0 saturated heterocycles. The summed E-state index contributed by atoms with van der Waals surface area (Å²) in [4.78, 5) is 22.5. The Labute approximate surface area is 191 Å². The van der Waals surface area contributed by atoms with Crippen molar-refractivity contribution in [1.82, 2.24) is 14.4 Å². The molecule has 0 fully saturated rings. The van der Waals surface area contributed by atoms with E-state index in [1.165, 1.54) is 11.3 Å². The number of imidazole rings is 1. The fourth-order valence-electron chi connectivity index (χ4n) is 3.29. The quantitative estimate of drug-likeness (QED) is 0.336. The molecule has 1 amide bonds. The number of hydrogen-bond acceptors (Lipinski definition) is 6. The minimum absolute atomic E-state index is 0.0694. The zero-order chi connectivity index (χ0) is 21.4. The van der Waals surface area contributed by atoms with Gasteiger partial charge in [0.05, 0.1) is 23.0 Å². The van der Waals surface area contributed by atoms with Crippen molar-refractivity contribution in [1.29, 1.82) is 0 Å². The highest BCUT2D eigenvalue weighted by Gasteiger charge is 2.13. The summed E-state index contributed by atoms with van der Waals surface area (Å²) in [5.41, 5.74) is 3.80. The summed E-state index contributed by atoms with van der Waals surface area (Å²) in [6.07, 6.45) is 2.98. The predicted molar refractivity (Wildman–Crippen MR) is 127 cm³/mol. The van der Waals surface area contributed by atoms with Crippen molar-refractivity contribution in [3.63, 3.8) is 0 Å². The minimum Gasteiger partial charge on any atom is -0.497 e. The van der Waals surface area contributed by atoms with Gasteiger partial charge in [0, 0.05) is 34.3 Å². The molecule has 3 heterocycles. The van der Waals surface area contributed by atoms with Crippen LogP contribution in [0.3, 0.4) is 0 Å². The second-order valence-corrected chi connectivity index (χ2v) is 9.22. The van der Waals surface area contributed by atoms with Crippen molar-refractivity contribution in [2.45, 2.75) is 12.8 Å². The number of carbonyl (C=O) groups is 1. The van der Waals surface area contributed by atoms with Crippen LogP contribution in [0, 0.1) is 0 Å². The van der Waals surface area contributed by atoms with Gasteiger partial charge < -0.3 is 10.1 Å². The lowest BCUT2D eigenvalue weighted by Gasteiger charge is -2.02. The maximum Gasteiger partial charge on any atom is 0.226 e. The molecule has 0 spiro atoms. The molecule has 0 atom stereocenters. The van der Waals surface area contributed by atoms with Gasteiger partial charge >= 0.3 is 0 Å². The van der Waals surface area contributed by atoms with Crippen LogP contribution in [-0.4, -0.2) is 27.4 Å². The van der Waals surface area contributed by atoms with E-state index in [1.54, 1.807) is 24.5 Å². The molecule has 5 rings (SSSR count). The van der Waals surface area contributed by atoms with Gasteiger partial charge in [0.1, 0.15) is 5.75 Å². The molecular weight excluding hydrogens is 452 g/mol. The van der Waals surface area contributed by atoms with E-state index < -0.39 is 0 Å². The molecule has 9 heteroatoms. The smallest absolute Gasteiger partial charge is 0.226 e. The number of anilines is 1. The van der Waals surface area contributed by atoms with Crippen LogP contribution in [0.1, 0.15) is 12.1 Å². The van der Waals surface area contributed by atoms with Crippen molar-refractivity contribution in [2.75, 3.05) is 12.4 Å². The zero-order valence-electron chi connectivity index (χ0n) is 16.5. The number of aromatic nitrogens is 3. The van der Waals surface area contributed by atoms with Gasteiger partial charge in [-0.05, 0) is 48.9 Å². The molecule has 3 aromatic heterocycles. The Hall–Kier alpha value is -2.94. The number of halogens is 1. The van der Waals surface area contributed by atoms with Crippen LogP contribution >= 0.6 is 34.3 Å². The lowest BCUT2D eigenvalue weighted by Crippen LogP contribution is -2.12. The van der Waals surface area contributed by atoms with Gasteiger partial charge in [0.25, 0.3) is 0 Å². The van der Waals surface area contributed by atoms with Crippen LogP contribution in [-0.2, 0) is 11.2 Å². The normalized spacial score (nSPS) is 11.3. The third-order valence-corrected chi connectivity index (χ3v) is 6.93. The first-order valence-electron chi connectivity index (χ1n) is 9.55. The first-order chi connectivity index (χ1) is 15.1. The molecule has 31 heavy (non-hydrogen) atoms. The monoisotopic (exact) mass is 468 g/mol. The van der Waals surface area contributed by atoms with Gasteiger partial charge in [-0.15, -0.1) is 11.3 Å². The summed E-state index contributed by atoms with van der Waals surface area (Å²) in [7, 11) is 1.65. The first kappa shape index (κ1) is 20.0. The fourth-order valence-corrected chi connectivity index (χ4v) is 5.35. The fraction of sp³-hybridized carbons (Fsp3) is 0.136. The Bertz CT molecular complexity index is 1390. The summed E-state index contributed by atoms with van der Waals surface area (Å²) in [5, 5.41) is 6.19. The molecule has 1 N–H and O–H groups in total. The lowest BCUT2D eigenvalue weighted by atomic mass is 10.1. The van der Waals surface area contributed by atoms with E-state index in [2.05, 4.69) is 14.7 Å². The number of rotatable bonds is 6. The highest BCUT2D eigenvalue weighted by Crippen LogP contribution is 2.29. The zero-order valence-corrected chi connectivity index (χ0v) is 18.9. The third-order valence-electron chi connectivity index (χ3n) is 4.87. The maximum atomic E-state index is 12.5. The van der Waals surface area contributed by atoms with E-state index >= 15 is 0 Å². The largest absolute Gasteiger partial charge is 0.497 e. The Morgan fingerprint density at radius 2 is 2.03 bits per heavy atom. The lowest BCUT2D eigenvalue weighted by molar-refractivity contribution is -0.116. The van der Waals surface area contributed by atoms with E-state index in [0.717, 1.165) is 37.9 Å². The minimum atomic E-state index is -0.0694. The van der Waals surface area contributed by atoms with Crippen LogP contribution in [0.2, 0.25) is 5.02 Å². The molecule has 6 nitrogen and oxygen atoms in total. The highest BCUT2D eigenvalue weighted by atomic mass is 35.5. The maximum absolute atomic E-state index is 12.5. The number of ether oxygens (including phenoxy) is 1. The van der Waals surface area contributed by atoms with Crippen molar-refractivity contribution in [3.05, 3.63) is 64.8 Å². The Balaban J connectivity index is 1.27. The van der Waals surface area contributed by atoms with Gasteiger partial charge in [-0.3, -0.25) is 9.20 Å². The summed E-state index contributed by atoms with van der Waals surface area (Å²) in [6.45, 7) is 0. The van der Waals surface area contributed by atoms with E-state index in [0.29, 0.717) is 23.0 Å². The van der Waals surface area contributed by atoms with Crippen molar-refractivity contribution in [3.8, 4) is 17.0 Å². The molecule has 0 aliphatic heterocycles. The number of benzene rings is 2. The molecule has 156 valence electrons. The molecule has 0 aliphatic rings. The van der Waals surface area contributed by atoms with E-state index in [9.17, 15) is 4.79 Å². The number of carbonyl (C=O) groups excluding carboxylic acids is 1. The number of fused-ring (bicyclic) bond motifs is 2. The summed E-state index contributed by atoms with van der Waals surface area (Å²) in [5.74, 6) is 0.743. The van der Waals surface area contributed by atoms with Crippen LogP contribution in [0.25, 0.3) is 26.4 Å². The topological polar surface area (TPSA) is 68.5 Å². The third kappa shape index (κ3) is 4.14. The first-order valence-corrected chi connectivity index (χ1v) is 11.6. The van der Waals surface area contributed by atoms with Crippen LogP contribution < -0.4 is 10.1 Å². The van der Waals surface area contributed by atoms with Crippen molar-refractivity contribution < 1.29 is 9.53 Å². The number of amides is 1. The molecule has 0 radical (unpaired) electrons. The van der Waals surface area contributed by atoms with Crippen molar-refractivity contribution in [2.24, 2.45) is 0 Å². The summed E-state index contributed by atoms with van der Waals surface area (Å²) >= 11 is 9.01. The van der Waals surface area contributed by atoms with Gasteiger partial charge in [0.15, 0.2) is 10.1 Å². The number of nitrogens with one attached hydrogen (secondary N) is 1. The van der Waals surface area contributed by atoms with Gasteiger partial charge in [-0.1, -0.05) is 22.9 Å². The second kappa shape index (κ2) is 8.30. The second-order valence-electron chi connectivity index (χ2n) is 6.91. The van der Waals surface area contributed by atoms with E-state index in [-0.39, 0.29) is 5.91 Å². The Kier molecular flexibility index (Phi) is 5.35. The molecule has 0 bridgehead atoms. The number of thiazole rings is 2. The molecule has 5 aromatic rings. The standard InChI is InChI=1S/C22H17ClN4O2S2/c1-29-16-6-2-13(3-7-16)18-11-27-15(12-30-22(27)25-18)5-9-20(28)26-21-24-17-8-4-14(23)10-19(17)31-21/h2-4,6-8,10-12H,5,9H2,1H3,(H,24,26,28). The summed E-state index contributed by atoms with van der Waals surface area (Å²) < 4.78 is 8.22. The number of hydrogen-bond donors (Lipinski definition) is 1. The van der Waals surface area contributed by atoms with Crippen LogP contribution in [0.5, 0.6) is 5.75 Å². The van der Waals surface area contributed by atoms with Gasteiger partial charge in [-0.25, -0.2) is 9.97 Å². The number of nitrogens with zero attached hydrogens (tertiary/aromatic N) is 3. The molecular formula is C22H17ClN4O2S2. The number of aryl methyl sites for hydroxylation is 1. The van der Waals surface area contributed by atoms with Crippen LogP contribution in [0.15, 0.2) is 54.0 Å². The average Bonchev–Trinajstić information content (AvgIpc) is 3.46. The molecule has 0 unspecified atom stereocenters. The van der Waals surface area contributed by atoms with Crippen LogP contribution in [0.4, 0.5) is 5.13 Å².